The van der Waals surface area contributed by atoms with E-state index in [0.717, 1.165) is 0 Å². The lowest BCUT2D eigenvalue weighted by molar-refractivity contribution is -0.235. The second-order valence-electron chi connectivity index (χ2n) is 5.20. The highest BCUT2D eigenvalue weighted by Gasteiger charge is 2.64. The molecule has 0 aromatic heterocycles. The van der Waals surface area contributed by atoms with E-state index in [1.165, 1.54) is 0 Å². The van der Waals surface area contributed by atoms with Gasteiger partial charge in [-0.25, -0.2) is 4.79 Å². The van der Waals surface area contributed by atoms with Gasteiger partial charge in [0.25, 0.3) is 0 Å². The van der Waals surface area contributed by atoms with E-state index in [2.05, 4.69) is 0 Å². The minimum absolute atomic E-state index is 0.406. The van der Waals surface area contributed by atoms with Gasteiger partial charge in [-0.05, 0) is 25.0 Å². The van der Waals surface area contributed by atoms with Crippen LogP contribution < -0.4 is 0 Å². The number of ether oxygens (including phenoxy) is 2. The zero-order chi connectivity index (χ0) is 14.3. The van der Waals surface area contributed by atoms with Crippen LogP contribution in [0.25, 0.3) is 0 Å². The fraction of sp³-hybridized carbons (Fsp3) is 0.500. The first-order chi connectivity index (χ1) is 9.54. The number of carbonyl (C=O) groups excluding carboxylic acids is 1. The Kier molecular flexibility index (Phi) is 3.25. The van der Waals surface area contributed by atoms with Gasteiger partial charge in [0.05, 0.1) is 5.56 Å². The van der Waals surface area contributed by atoms with Crippen molar-refractivity contribution in [3.63, 3.8) is 0 Å². The van der Waals surface area contributed by atoms with Gasteiger partial charge in [-0.15, -0.1) is 0 Å². The molecule has 1 aliphatic carbocycles. The summed E-state index contributed by atoms with van der Waals surface area (Å²) in [4.78, 5) is 12.0. The number of aliphatic hydroxyl groups is 3. The van der Waals surface area contributed by atoms with Gasteiger partial charge in [-0.3, -0.25) is 0 Å². The molecule has 1 saturated carbocycles. The summed E-state index contributed by atoms with van der Waals surface area (Å²) in [7, 11) is 0. The Balaban J connectivity index is 1.72. The van der Waals surface area contributed by atoms with Crippen molar-refractivity contribution in [1.29, 1.82) is 0 Å². The summed E-state index contributed by atoms with van der Waals surface area (Å²) in [6, 6.07) is 8.49. The third kappa shape index (κ3) is 1.92. The summed E-state index contributed by atoms with van der Waals surface area (Å²) in [5.74, 6) is -0.513. The highest BCUT2D eigenvalue weighted by Crippen LogP contribution is 2.47. The molecule has 6 heteroatoms. The number of rotatable bonds is 2. The van der Waals surface area contributed by atoms with Crippen molar-refractivity contribution in [2.75, 3.05) is 0 Å². The van der Waals surface area contributed by atoms with Crippen molar-refractivity contribution >= 4 is 5.97 Å². The Hall–Kier alpha value is -1.47. The van der Waals surface area contributed by atoms with Crippen LogP contribution in [-0.4, -0.2) is 51.5 Å². The molecular formula is C14H16O6. The van der Waals surface area contributed by atoms with Gasteiger partial charge in [0.15, 0.2) is 6.29 Å². The van der Waals surface area contributed by atoms with Gasteiger partial charge in [0.1, 0.15) is 23.9 Å². The molecule has 0 bridgehead atoms. The smallest absolute Gasteiger partial charge is 0.338 e. The zero-order valence-electron chi connectivity index (χ0n) is 10.7. The molecule has 2 fully saturated rings. The molecule has 1 saturated heterocycles. The molecule has 0 radical (unpaired) electrons. The highest BCUT2D eigenvalue weighted by atomic mass is 16.7. The quantitative estimate of drug-likeness (QED) is 0.650. The number of carbonyl (C=O) groups is 1. The highest BCUT2D eigenvalue weighted by molar-refractivity contribution is 5.89. The van der Waals surface area contributed by atoms with E-state index in [9.17, 15) is 20.1 Å². The van der Waals surface area contributed by atoms with Crippen molar-refractivity contribution in [3.8, 4) is 0 Å². The van der Waals surface area contributed by atoms with E-state index in [1.54, 1.807) is 30.3 Å². The number of benzene rings is 1. The SMILES string of the molecule is O=C(O[C@H]1CC[C@]12OC(O)C(O)[C@H]2O)c1ccccc1. The lowest BCUT2D eigenvalue weighted by Gasteiger charge is -2.46. The first-order valence-electron chi connectivity index (χ1n) is 6.52. The Morgan fingerprint density at radius 1 is 1.25 bits per heavy atom. The summed E-state index contributed by atoms with van der Waals surface area (Å²) in [5.41, 5.74) is -0.786. The van der Waals surface area contributed by atoms with E-state index in [-0.39, 0.29) is 0 Å². The first kappa shape index (κ1) is 13.5. The molecule has 3 N–H and O–H groups in total. The predicted molar refractivity (Wildman–Crippen MR) is 66.7 cm³/mol. The van der Waals surface area contributed by atoms with Gasteiger partial charge in [-0.2, -0.15) is 0 Å². The molecule has 1 heterocycles. The van der Waals surface area contributed by atoms with Crippen LogP contribution in [0.1, 0.15) is 23.2 Å². The van der Waals surface area contributed by atoms with Gasteiger partial charge < -0.3 is 24.8 Å². The lowest BCUT2D eigenvalue weighted by atomic mass is 9.72. The minimum Gasteiger partial charge on any atom is -0.456 e. The van der Waals surface area contributed by atoms with Crippen molar-refractivity contribution in [3.05, 3.63) is 35.9 Å². The maximum Gasteiger partial charge on any atom is 0.338 e. The Bertz CT molecular complexity index is 504. The largest absolute Gasteiger partial charge is 0.456 e. The molecule has 2 aliphatic rings. The van der Waals surface area contributed by atoms with Crippen LogP contribution in [0.2, 0.25) is 0 Å². The van der Waals surface area contributed by atoms with Crippen LogP contribution in [-0.2, 0) is 9.47 Å². The summed E-state index contributed by atoms with van der Waals surface area (Å²) in [5, 5.41) is 29.0. The van der Waals surface area contributed by atoms with Crippen LogP contribution in [0.4, 0.5) is 0 Å². The molecule has 6 nitrogen and oxygen atoms in total. The van der Waals surface area contributed by atoms with Crippen LogP contribution >= 0.6 is 0 Å². The third-order valence-electron chi connectivity index (χ3n) is 4.06. The molecule has 5 atom stereocenters. The van der Waals surface area contributed by atoms with E-state index in [1.807, 2.05) is 0 Å². The molecule has 1 aliphatic heterocycles. The van der Waals surface area contributed by atoms with Gasteiger partial charge in [0.2, 0.25) is 0 Å². The van der Waals surface area contributed by atoms with Crippen LogP contribution in [0.5, 0.6) is 0 Å². The zero-order valence-corrected chi connectivity index (χ0v) is 10.7. The topological polar surface area (TPSA) is 96.2 Å². The maximum atomic E-state index is 12.0. The average Bonchev–Trinajstić information content (AvgIpc) is 2.70. The molecule has 3 rings (SSSR count). The molecule has 20 heavy (non-hydrogen) atoms. The fourth-order valence-electron chi connectivity index (χ4n) is 2.76. The molecule has 1 aromatic rings. The van der Waals surface area contributed by atoms with Gasteiger partial charge in [-0.1, -0.05) is 18.2 Å². The van der Waals surface area contributed by atoms with Crippen molar-refractivity contribution < 1.29 is 29.6 Å². The summed E-state index contributed by atoms with van der Waals surface area (Å²) in [6.07, 6.45) is -3.82. The van der Waals surface area contributed by atoms with Crippen molar-refractivity contribution in [2.45, 2.75) is 43.0 Å². The summed E-state index contributed by atoms with van der Waals surface area (Å²) >= 11 is 0. The van der Waals surface area contributed by atoms with Gasteiger partial charge >= 0.3 is 5.97 Å². The van der Waals surface area contributed by atoms with Crippen LogP contribution in [0, 0.1) is 0 Å². The minimum atomic E-state index is -1.46. The number of esters is 1. The van der Waals surface area contributed by atoms with E-state index >= 15 is 0 Å². The van der Waals surface area contributed by atoms with E-state index in [4.69, 9.17) is 9.47 Å². The number of aliphatic hydroxyl groups excluding tert-OH is 3. The van der Waals surface area contributed by atoms with Crippen molar-refractivity contribution in [1.82, 2.24) is 0 Å². The second kappa shape index (κ2) is 4.82. The molecule has 108 valence electrons. The Labute approximate surface area is 115 Å². The summed E-state index contributed by atoms with van der Waals surface area (Å²) < 4.78 is 10.6. The predicted octanol–water partition coefficient (Wildman–Crippen LogP) is -0.185. The molecule has 0 amide bonds. The third-order valence-corrected chi connectivity index (χ3v) is 4.06. The Morgan fingerprint density at radius 2 is 1.95 bits per heavy atom. The number of hydrogen-bond donors (Lipinski definition) is 3. The van der Waals surface area contributed by atoms with Crippen molar-refractivity contribution in [2.24, 2.45) is 0 Å². The van der Waals surface area contributed by atoms with Crippen LogP contribution in [0.15, 0.2) is 30.3 Å². The lowest BCUT2D eigenvalue weighted by Crippen LogP contribution is -2.61. The average molecular weight is 280 g/mol. The molecule has 1 spiro atoms. The van der Waals surface area contributed by atoms with E-state index in [0.29, 0.717) is 18.4 Å². The molecular weight excluding hydrogens is 264 g/mol. The fourth-order valence-corrected chi connectivity index (χ4v) is 2.76. The molecule has 2 unspecified atom stereocenters. The number of hydrogen-bond acceptors (Lipinski definition) is 6. The van der Waals surface area contributed by atoms with Crippen LogP contribution in [0.3, 0.4) is 0 Å². The van der Waals surface area contributed by atoms with Gasteiger partial charge in [0, 0.05) is 0 Å². The standard InChI is InChI=1S/C14H16O6/c15-10-11(16)14(20-13(10)18)7-6-9(14)19-12(17)8-4-2-1-3-5-8/h1-5,9-11,13,15-16,18H,6-7H2/t9-,10?,11+,13?,14-/m0/s1. The summed E-state index contributed by atoms with van der Waals surface area (Å²) in [6.45, 7) is 0. The Morgan fingerprint density at radius 3 is 2.45 bits per heavy atom. The second-order valence-corrected chi connectivity index (χ2v) is 5.20. The van der Waals surface area contributed by atoms with E-state index < -0.39 is 36.2 Å². The normalized spacial score (nSPS) is 39.5. The first-order valence-corrected chi connectivity index (χ1v) is 6.52. The monoisotopic (exact) mass is 280 g/mol. The maximum absolute atomic E-state index is 12.0. The molecule has 1 aromatic carbocycles.